The number of Topliss-reactive ketones (excluding diaryl/α,β-unsaturated/α-hetero) is 1. The van der Waals surface area contributed by atoms with E-state index in [1.54, 1.807) is 6.92 Å². The third-order valence-electron chi connectivity index (χ3n) is 3.89. The van der Waals surface area contributed by atoms with Gasteiger partial charge in [-0.1, -0.05) is 24.3 Å². The molecule has 1 aromatic carbocycles. The maximum atomic E-state index is 11.6. The van der Waals surface area contributed by atoms with Crippen molar-refractivity contribution in [2.45, 2.75) is 38.5 Å². The number of benzene rings is 1. The highest BCUT2D eigenvalue weighted by atomic mass is 16.4. The van der Waals surface area contributed by atoms with Crippen molar-refractivity contribution in [3.05, 3.63) is 35.4 Å². The molecule has 122 valence electrons. The normalized spacial score (nSPS) is 18.5. The van der Waals surface area contributed by atoms with Crippen LogP contribution in [0.5, 0.6) is 0 Å². The van der Waals surface area contributed by atoms with Gasteiger partial charge in [-0.15, -0.1) is 0 Å². The predicted octanol–water partition coefficient (Wildman–Crippen LogP) is 1.72. The fraction of sp³-hybridized carbons (Fsp3) is 0.529. The highest BCUT2D eigenvalue weighted by Crippen LogP contribution is 2.25. The molecule has 0 aromatic heterocycles. The Kier molecular flexibility index (Phi) is 7.77. The van der Waals surface area contributed by atoms with E-state index in [1.165, 1.54) is 0 Å². The van der Waals surface area contributed by atoms with Gasteiger partial charge in [-0.25, -0.2) is 0 Å². The van der Waals surface area contributed by atoms with Crippen molar-refractivity contribution >= 4 is 11.8 Å². The zero-order chi connectivity index (χ0) is 16.5. The molecule has 0 spiro atoms. The first-order valence-electron chi connectivity index (χ1n) is 7.64. The summed E-state index contributed by atoms with van der Waals surface area (Å²) in [5.41, 5.74) is 6.71. The number of carboxylic acids is 1. The van der Waals surface area contributed by atoms with E-state index in [0.29, 0.717) is 12.3 Å². The van der Waals surface area contributed by atoms with E-state index in [2.05, 4.69) is 0 Å². The molecule has 5 nitrogen and oxygen atoms in total. The monoisotopic (exact) mass is 307 g/mol. The van der Waals surface area contributed by atoms with Crippen LogP contribution in [0.1, 0.15) is 43.2 Å². The van der Waals surface area contributed by atoms with Crippen LogP contribution in [0.4, 0.5) is 0 Å². The molecule has 1 fully saturated rings. The summed E-state index contributed by atoms with van der Waals surface area (Å²) in [6.07, 6.45) is 3.52. The molecule has 2 rings (SSSR count). The van der Waals surface area contributed by atoms with Crippen LogP contribution in [0.2, 0.25) is 0 Å². The van der Waals surface area contributed by atoms with E-state index in [4.69, 9.17) is 15.9 Å². The van der Waals surface area contributed by atoms with Gasteiger partial charge < -0.3 is 15.9 Å². The number of aliphatic hydroxyl groups is 1. The summed E-state index contributed by atoms with van der Waals surface area (Å²) in [4.78, 5) is 22.4. The summed E-state index contributed by atoms with van der Waals surface area (Å²) in [7, 11) is 0. The fourth-order valence-electron chi connectivity index (χ4n) is 2.47. The Balaban J connectivity index is 0.000000541. The van der Waals surface area contributed by atoms with E-state index in [1.807, 2.05) is 24.3 Å². The zero-order valence-corrected chi connectivity index (χ0v) is 13.0. The van der Waals surface area contributed by atoms with Gasteiger partial charge >= 0.3 is 5.97 Å². The molecule has 4 N–H and O–H groups in total. The summed E-state index contributed by atoms with van der Waals surface area (Å²) >= 11 is 0. The molecule has 2 unspecified atom stereocenters. The summed E-state index contributed by atoms with van der Waals surface area (Å²) in [5.74, 6) is -0.744. The maximum Gasteiger partial charge on any atom is 0.310 e. The van der Waals surface area contributed by atoms with Gasteiger partial charge in [0.15, 0.2) is 0 Å². The second kappa shape index (κ2) is 9.33. The average molecular weight is 307 g/mol. The molecule has 1 aliphatic rings. The van der Waals surface area contributed by atoms with Crippen molar-refractivity contribution in [1.29, 1.82) is 0 Å². The number of hydrogen-bond acceptors (Lipinski definition) is 4. The molecular formula is C17H25NO4. The topological polar surface area (TPSA) is 101 Å². The van der Waals surface area contributed by atoms with Crippen LogP contribution in [-0.2, 0) is 16.0 Å². The average Bonchev–Trinajstić information content (AvgIpc) is 2.92. The summed E-state index contributed by atoms with van der Waals surface area (Å²) in [5, 5.41) is 16.7. The number of hydrogen-bond donors (Lipinski definition) is 3. The molecular weight excluding hydrogens is 282 g/mol. The number of rotatable bonds is 5. The van der Waals surface area contributed by atoms with Crippen molar-refractivity contribution in [2.24, 2.45) is 11.7 Å². The van der Waals surface area contributed by atoms with E-state index in [-0.39, 0.29) is 12.5 Å². The van der Waals surface area contributed by atoms with E-state index < -0.39 is 11.9 Å². The molecule has 1 aromatic rings. The molecule has 22 heavy (non-hydrogen) atoms. The first-order valence-corrected chi connectivity index (χ1v) is 7.64. The van der Waals surface area contributed by atoms with E-state index in [0.717, 1.165) is 36.8 Å². The number of aliphatic carboxylic acids is 1. The van der Waals surface area contributed by atoms with Gasteiger partial charge in [0, 0.05) is 18.9 Å². The number of carbonyl (C=O) groups is 2. The molecule has 0 amide bonds. The number of ketones is 1. The van der Waals surface area contributed by atoms with Crippen molar-refractivity contribution in [3.8, 4) is 0 Å². The highest BCUT2D eigenvalue weighted by Gasteiger charge is 2.24. The Labute approximate surface area is 131 Å². The van der Waals surface area contributed by atoms with Gasteiger partial charge in [-0.05, 0) is 37.3 Å². The van der Waals surface area contributed by atoms with Crippen molar-refractivity contribution < 1.29 is 19.8 Å². The van der Waals surface area contributed by atoms with Crippen LogP contribution in [0.3, 0.4) is 0 Å². The molecule has 1 saturated carbocycles. The Morgan fingerprint density at radius 1 is 1.36 bits per heavy atom. The molecule has 0 heterocycles. The molecule has 1 aliphatic carbocycles. The SMILES string of the molecule is CC(C(=O)O)c1ccc(CC2CCCC2=O)cc1.NCCO. The molecule has 5 heteroatoms. The van der Waals surface area contributed by atoms with Gasteiger partial charge in [-0.2, -0.15) is 0 Å². The molecule has 0 radical (unpaired) electrons. The van der Waals surface area contributed by atoms with Gasteiger partial charge in [0.05, 0.1) is 12.5 Å². The maximum absolute atomic E-state index is 11.6. The number of aliphatic hydroxyl groups excluding tert-OH is 1. The number of nitrogens with two attached hydrogens (primary N) is 1. The van der Waals surface area contributed by atoms with E-state index >= 15 is 0 Å². The first-order chi connectivity index (χ1) is 10.5. The van der Waals surface area contributed by atoms with Crippen LogP contribution >= 0.6 is 0 Å². The van der Waals surface area contributed by atoms with E-state index in [9.17, 15) is 9.59 Å². The van der Waals surface area contributed by atoms with Gasteiger partial charge in [0.2, 0.25) is 0 Å². The smallest absolute Gasteiger partial charge is 0.310 e. The summed E-state index contributed by atoms with van der Waals surface area (Å²) in [6.45, 7) is 2.15. The van der Waals surface area contributed by atoms with Gasteiger partial charge in [0.1, 0.15) is 5.78 Å². The van der Waals surface area contributed by atoms with Crippen LogP contribution in [0, 0.1) is 5.92 Å². The Hall–Kier alpha value is -1.72. The standard InChI is InChI=1S/C15H18O3.C2H7NO/c1-10(15(17)18)12-7-5-11(6-8-12)9-13-3-2-4-14(13)16;3-1-2-4/h5-8,10,13H,2-4,9H2,1H3,(H,17,18);4H,1-3H2. The van der Waals surface area contributed by atoms with Crippen molar-refractivity contribution in [1.82, 2.24) is 0 Å². The number of carbonyl (C=O) groups excluding carboxylic acids is 1. The third kappa shape index (κ3) is 5.58. The lowest BCUT2D eigenvalue weighted by Gasteiger charge is -2.10. The van der Waals surface area contributed by atoms with Crippen LogP contribution < -0.4 is 5.73 Å². The lowest BCUT2D eigenvalue weighted by Crippen LogP contribution is -2.10. The minimum absolute atomic E-state index is 0.0972. The van der Waals surface area contributed by atoms with Crippen molar-refractivity contribution in [2.75, 3.05) is 13.2 Å². The molecule has 0 aliphatic heterocycles. The Bertz CT molecular complexity index is 482. The molecule has 0 saturated heterocycles. The first kappa shape index (κ1) is 18.3. The minimum Gasteiger partial charge on any atom is -0.481 e. The Morgan fingerprint density at radius 2 is 1.95 bits per heavy atom. The van der Waals surface area contributed by atoms with Gasteiger partial charge in [-0.3, -0.25) is 9.59 Å². The Morgan fingerprint density at radius 3 is 2.36 bits per heavy atom. The second-order valence-electron chi connectivity index (χ2n) is 5.57. The largest absolute Gasteiger partial charge is 0.481 e. The van der Waals surface area contributed by atoms with Crippen LogP contribution in [0.25, 0.3) is 0 Å². The highest BCUT2D eigenvalue weighted by molar-refractivity contribution is 5.83. The molecule has 0 bridgehead atoms. The quantitative estimate of drug-likeness (QED) is 0.769. The van der Waals surface area contributed by atoms with Crippen LogP contribution in [0.15, 0.2) is 24.3 Å². The number of carboxylic acid groups (broad SMARTS) is 1. The minimum atomic E-state index is -0.811. The summed E-state index contributed by atoms with van der Waals surface area (Å²) < 4.78 is 0. The molecule has 2 atom stereocenters. The fourth-order valence-corrected chi connectivity index (χ4v) is 2.47. The second-order valence-corrected chi connectivity index (χ2v) is 5.57. The lowest BCUT2D eigenvalue weighted by atomic mass is 9.94. The van der Waals surface area contributed by atoms with Gasteiger partial charge in [0.25, 0.3) is 0 Å². The lowest BCUT2D eigenvalue weighted by molar-refractivity contribution is -0.138. The van der Waals surface area contributed by atoms with Crippen LogP contribution in [-0.4, -0.2) is 35.1 Å². The third-order valence-corrected chi connectivity index (χ3v) is 3.89. The van der Waals surface area contributed by atoms with Crippen molar-refractivity contribution in [3.63, 3.8) is 0 Å². The zero-order valence-electron chi connectivity index (χ0n) is 13.0. The summed E-state index contributed by atoms with van der Waals surface area (Å²) in [6, 6.07) is 7.60. The predicted molar refractivity (Wildman–Crippen MR) is 84.7 cm³/mol.